The Hall–Kier alpha value is -1.85. The van der Waals surface area contributed by atoms with Gasteiger partial charge in [0.2, 0.25) is 11.8 Å². The lowest BCUT2D eigenvalue weighted by atomic mass is 10.2. The summed E-state index contributed by atoms with van der Waals surface area (Å²) >= 11 is 0. The van der Waals surface area contributed by atoms with Crippen LogP contribution in [-0.2, 0) is 9.53 Å². The van der Waals surface area contributed by atoms with Crippen molar-refractivity contribution in [2.24, 2.45) is 0 Å². The monoisotopic (exact) mass is 265 g/mol. The number of carbonyl (C=O) groups is 1. The van der Waals surface area contributed by atoms with E-state index in [0.717, 1.165) is 19.4 Å². The minimum absolute atomic E-state index is 0.203. The zero-order valence-electron chi connectivity index (χ0n) is 11.3. The second-order valence-electron chi connectivity index (χ2n) is 4.23. The number of hydrogen-bond acceptors (Lipinski definition) is 6. The molecular weight excluding hydrogens is 246 g/mol. The molecule has 1 aromatic rings. The Bertz CT molecular complexity index is 439. The van der Waals surface area contributed by atoms with Gasteiger partial charge in [-0.3, -0.25) is 0 Å². The third-order valence-electron chi connectivity index (χ3n) is 2.98. The van der Waals surface area contributed by atoms with Crippen molar-refractivity contribution in [2.75, 3.05) is 24.7 Å². The van der Waals surface area contributed by atoms with Crippen LogP contribution in [0.15, 0.2) is 12.3 Å². The Kier molecular flexibility index (Phi) is 4.54. The quantitative estimate of drug-likeness (QED) is 0.750. The van der Waals surface area contributed by atoms with Gasteiger partial charge in [-0.1, -0.05) is 0 Å². The molecule has 0 N–H and O–H groups in total. The average Bonchev–Trinajstić information content (AvgIpc) is 2.89. The van der Waals surface area contributed by atoms with Crippen LogP contribution in [0.2, 0.25) is 0 Å². The first kappa shape index (κ1) is 13.6. The van der Waals surface area contributed by atoms with E-state index in [1.165, 1.54) is 0 Å². The molecule has 0 bridgehead atoms. The fourth-order valence-electron chi connectivity index (χ4n) is 2.19. The van der Waals surface area contributed by atoms with Crippen LogP contribution in [0.4, 0.5) is 5.95 Å². The molecule has 6 nitrogen and oxygen atoms in total. The van der Waals surface area contributed by atoms with E-state index < -0.39 is 0 Å². The number of anilines is 1. The second-order valence-corrected chi connectivity index (χ2v) is 4.23. The predicted octanol–water partition coefficient (Wildman–Crippen LogP) is 1.41. The maximum atomic E-state index is 11.9. The van der Waals surface area contributed by atoms with Gasteiger partial charge in [0.05, 0.1) is 13.2 Å². The predicted molar refractivity (Wildman–Crippen MR) is 70.2 cm³/mol. The molecule has 0 saturated carbocycles. The number of rotatable bonds is 5. The highest BCUT2D eigenvalue weighted by Gasteiger charge is 2.33. The molecular formula is C13H19N3O3. The normalized spacial score (nSPS) is 18.4. The van der Waals surface area contributed by atoms with Gasteiger partial charge in [-0.25, -0.2) is 9.78 Å². The fourth-order valence-corrected chi connectivity index (χ4v) is 2.19. The van der Waals surface area contributed by atoms with E-state index in [2.05, 4.69) is 9.97 Å². The largest absolute Gasteiger partial charge is 0.478 e. The lowest BCUT2D eigenvalue weighted by Crippen LogP contribution is -2.38. The third kappa shape index (κ3) is 3.13. The molecule has 1 atom stereocenters. The number of ether oxygens (including phenoxy) is 2. The van der Waals surface area contributed by atoms with Crippen LogP contribution in [0.25, 0.3) is 0 Å². The average molecular weight is 265 g/mol. The highest BCUT2D eigenvalue weighted by atomic mass is 16.5. The van der Waals surface area contributed by atoms with E-state index in [1.807, 2.05) is 18.7 Å². The van der Waals surface area contributed by atoms with E-state index in [9.17, 15) is 4.79 Å². The number of esters is 1. The van der Waals surface area contributed by atoms with Gasteiger partial charge >= 0.3 is 5.97 Å². The van der Waals surface area contributed by atoms with Crippen molar-refractivity contribution in [1.82, 2.24) is 9.97 Å². The summed E-state index contributed by atoms with van der Waals surface area (Å²) in [4.78, 5) is 22.3. The van der Waals surface area contributed by atoms with Gasteiger partial charge < -0.3 is 14.4 Å². The molecule has 104 valence electrons. The van der Waals surface area contributed by atoms with E-state index in [0.29, 0.717) is 25.0 Å². The maximum Gasteiger partial charge on any atom is 0.328 e. The lowest BCUT2D eigenvalue weighted by Gasteiger charge is -2.23. The van der Waals surface area contributed by atoms with Crippen molar-refractivity contribution < 1.29 is 14.3 Å². The van der Waals surface area contributed by atoms with Gasteiger partial charge in [0, 0.05) is 18.8 Å². The summed E-state index contributed by atoms with van der Waals surface area (Å²) in [5.41, 5.74) is 0. The minimum atomic E-state index is -0.281. The van der Waals surface area contributed by atoms with Gasteiger partial charge in [0.25, 0.3) is 0 Å². The summed E-state index contributed by atoms with van der Waals surface area (Å²) in [6.07, 6.45) is 3.36. The molecule has 0 spiro atoms. The summed E-state index contributed by atoms with van der Waals surface area (Å²) in [7, 11) is 0. The lowest BCUT2D eigenvalue weighted by molar-refractivity contribution is -0.144. The number of hydrogen-bond donors (Lipinski definition) is 0. The Morgan fingerprint density at radius 1 is 1.47 bits per heavy atom. The Labute approximate surface area is 112 Å². The molecule has 1 unspecified atom stereocenters. The topological polar surface area (TPSA) is 64.5 Å². The molecule has 2 heterocycles. The Morgan fingerprint density at radius 3 is 3.05 bits per heavy atom. The zero-order chi connectivity index (χ0) is 13.7. The summed E-state index contributed by atoms with van der Waals surface area (Å²) in [6, 6.07) is 1.43. The first-order chi connectivity index (χ1) is 9.26. The molecule has 1 aliphatic heterocycles. The zero-order valence-corrected chi connectivity index (χ0v) is 11.3. The maximum absolute atomic E-state index is 11.9. The molecule has 1 fully saturated rings. The SMILES string of the molecule is CCOC(=O)C1CCCN1c1nccc(OCC)n1. The molecule has 19 heavy (non-hydrogen) atoms. The standard InChI is InChI=1S/C13H19N3O3/c1-3-18-11-7-8-14-13(15-11)16-9-5-6-10(16)12(17)19-4-2/h7-8,10H,3-6,9H2,1-2H3. The van der Waals surface area contributed by atoms with Crippen molar-refractivity contribution in [3.63, 3.8) is 0 Å². The summed E-state index contributed by atoms with van der Waals surface area (Å²) < 4.78 is 10.4. The van der Waals surface area contributed by atoms with Crippen molar-refractivity contribution in [3.05, 3.63) is 12.3 Å². The molecule has 6 heteroatoms. The Balaban J connectivity index is 2.15. The Morgan fingerprint density at radius 2 is 2.32 bits per heavy atom. The van der Waals surface area contributed by atoms with Crippen LogP contribution in [0.5, 0.6) is 5.88 Å². The smallest absolute Gasteiger partial charge is 0.328 e. The van der Waals surface area contributed by atoms with Gasteiger partial charge in [-0.2, -0.15) is 4.98 Å². The number of nitrogens with zero attached hydrogens (tertiary/aromatic N) is 3. The number of carbonyl (C=O) groups excluding carboxylic acids is 1. The van der Waals surface area contributed by atoms with Crippen LogP contribution in [0.1, 0.15) is 26.7 Å². The van der Waals surface area contributed by atoms with Gasteiger partial charge in [0.15, 0.2) is 0 Å². The van der Waals surface area contributed by atoms with Crippen LogP contribution in [-0.4, -0.2) is 41.7 Å². The van der Waals surface area contributed by atoms with Crippen LogP contribution in [0.3, 0.4) is 0 Å². The third-order valence-corrected chi connectivity index (χ3v) is 2.98. The van der Waals surface area contributed by atoms with Gasteiger partial charge in [-0.05, 0) is 26.7 Å². The highest BCUT2D eigenvalue weighted by molar-refractivity contribution is 5.80. The van der Waals surface area contributed by atoms with E-state index in [-0.39, 0.29) is 12.0 Å². The molecule has 0 aliphatic carbocycles. The molecule has 2 rings (SSSR count). The molecule has 1 saturated heterocycles. The molecule has 0 radical (unpaired) electrons. The summed E-state index contributed by atoms with van der Waals surface area (Å²) in [6.45, 7) is 5.42. The van der Waals surface area contributed by atoms with E-state index in [1.54, 1.807) is 12.3 Å². The fraction of sp³-hybridized carbons (Fsp3) is 0.615. The molecule has 1 aromatic heterocycles. The first-order valence-corrected chi connectivity index (χ1v) is 6.65. The molecule has 0 aromatic carbocycles. The summed E-state index contributed by atoms with van der Waals surface area (Å²) in [5.74, 6) is 0.855. The van der Waals surface area contributed by atoms with Crippen LogP contribution < -0.4 is 9.64 Å². The highest BCUT2D eigenvalue weighted by Crippen LogP contribution is 2.24. The van der Waals surface area contributed by atoms with Crippen LogP contribution >= 0.6 is 0 Å². The molecule has 0 amide bonds. The second kappa shape index (κ2) is 6.36. The van der Waals surface area contributed by atoms with Crippen molar-refractivity contribution >= 4 is 11.9 Å². The minimum Gasteiger partial charge on any atom is -0.478 e. The van der Waals surface area contributed by atoms with Crippen molar-refractivity contribution in [3.8, 4) is 5.88 Å². The number of aromatic nitrogens is 2. The summed E-state index contributed by atoms with van der Waals surface area (Å²) in [5, 5.41) is 0. The van der Waals surface area contributed by atoms with Gasteiger partial charge in [-0.15, -0.1) is 0 Å². The van der Waals surface area contributed by atoms with Gasteiger partial charge in [0.1, 0.15) is 6.04 Å². The van der Waals surface area contributed by atoms with Crippen molar-refractivity contribution in [1.29, 1.82) is 0 Å². The van der Waals surface area contributed by atoms with E-state index >= 15 is 0 Å². The van der Waals surface area contributed by atoms with Crippen LogP contribution in [0, 0.1) is 0 Å². The molecule has 1 aliphatic rings. The first-order valence-electron chi connectivity index (χ1n) is 6.65. The van der Waals surface area contributed by atoms with Crippen molar-refractivity contribution in [2.45, 2.75) is 32.7 Å². The van der Waals surface area contributed by atoms with E-state index in [4.69, 9.17) is 9.47 Å².